The van der Waals surface area contributed by atoms with Crippen molar-refractivity contribution in [3.05, 3.63) is 162 Å². The Labute approximate surface area is 296 Å². The lowest BCUT2D eigenvalue weighted by Gasteiger charge is -2.52. The van der Waals surface area contributed by atoms with Crippen molar-refractivity contribution in [3.63, 3.8) is 0 Å². The Morgan fingerprint density at radius 1 is 0.776 bits per heavy atom. The van der Waals surface area contributed by atoms with Crippen molar-refractivity contribution in [2.45, 2.75) is 62.3 Å². The first-order valence-electron chi connectivity index (χ1n) is 17.7. The molecule has 0 aromatic heterocycles. The lowest BCUT2D eigenvalue weighted by molar-refractivity contribution is 0.195. The van der Waals surface area contributed by atoms with Crippen LogP contribution >= 0.6 is 11.8 Å². The maximum Gasteiger partial charge on any atom is 0.249 e. The summed E-state index contributed by atoms with van der Waals surface area (Å²) in [6.45, 7) is 11.9. The van der Waals surface area contributed by atoms with Crippen molar-refractivity contribution in [1.29, 1.82) is 0 Å². The predicted octanol–water partition coefficient (Wildman–Crippen LogP) is 11.0. The van der Waals surface area contributed by atoms with E-state index in [1.165, 1.54) is 74.4 Å². The van der Waals surface area contributed by atoms with Crippen molar-refractivity contribution in [1.82, 2.24) is 0 Å². The van der Waals surface area contributed by atoms with Crippen LogP contribution in [0.1, 0.15) is 57.6 Å². The van der Waals surface area contributed by atoms with E-state index in [1.807, 2.05) is 11.8 Å². The molecule has 49 heavy (non-hydrogen) atoms. The van der Waals surface area contributed by atoms with E-state index < -0.39 is 0 Å². The van der Waals surface area contributed by atoms with Gasteiger partial charge in [0.1, 0.15) is 0 Å². The molecule has 1 aliphatic carbocycles. The molecule has 0 N–H and O–H groups in total. The van der Waals surface area contributed by atoms with E-state index >= 15 is 0 Å². The fourth-order valence-corrected chi connectivity index (χ4v) is 10.7. The summed E-state index contributed by atoms with van der Waals surface area (Å²) in [5.41, 5.74) is 14.8. The highest BCUT2D eigenvalue weighted by Crippen LogP contribution is 2.61. The maximum absolute atomic E-state index is 4.44. The van der Waals surface area contributed by atoms with Crippen LogP contribution in [0.25, 0.3) is 5.57 Å². The molecule has 2 nitrogen and oxygen atoms in total. The number of nitrogens with zero attached hydrogens (tertiary/aromatic N) is 2. The zero-order valence-corrected chi connectivity index (χ0v) is 29.4. The second-order valence-electron chi connectivity index (χ2n) is 14.5. The molecular formula is C45H41BN2S. The molecule has 2 unspecified atom stereocenters. The molecule has 1 fully saturated rings. The molecular weight excluding hydrogens is 611 g/mol. The van der Waals surface area contributed by atoms with E-state index in [-0.39, 0.29) is 17.7 Å². The third-order valence-electron chi connectivity index (χ3n) is 12.0. The average Bonchev–Trinajstić information content (AvgIpc) is 3.35. The van der Waals surface area contributed by atoms with Gasteiger partial charge in [-0.3, -0.25) is 0 Å². The number of hydrogen-bond acceptors (Lipinski definition) is 3. The molecule has 2 atom stereocenters. The first kappa shape index (κ1) is 30.4. The van der Waals surface area contributed by atoms with Crippen molar-refractivity contribution in [2.75, 3.05) is 9.80 Å². The summed E-state index contributed by atoms with van der Waals surface area (Å²) in [4.78, 5) is 7.75. The average molecular weight is 653 g/mol. The monoisotopic (exact) mass is 652 g/mol. The molecule has 0 radical (unpaired) electrons. The smallest absolute Gasteiger partial charge is 0.249 e. The molecule has 0 bridgehead atoms. The summed E-state index contributed by atoms with van der Waals surface area (Å²) in [6.07, 6.45) is 9.61. The number of fused-ring (bicyclic) bond motifs is 5. The largest absolute Gasteiger partial charge is 0.335 e. The van der Waals surface area contributed by atoms with Gasteiger partial charge in [0.25, 0.3) is 0 Å². The minimum absolute atomic E-state index is 0.0754. The normalized spacial score (nSPS) is 22.0. The van der Waals surface area contributed by atoms with Gasteiger partial charge in [-0.2, -0.15) is 0 Å². The molecule has 5 aromatic rings. The van der Waals surface area contributed by atoms with Crippen LogP contribution in [0.3, 0.4) is 0 Å². The highest BCUT2D eigenvalue weighted by molar-refractivity contribution is 8.03. The van der Waals surface area contributed by atoms with Crippen molar-refractivity contribution in [3.8, 4) is 0 Å². The van der Waals surface area contributed by atoms with Crippen LogP contribution < -0.4 is 20.7 Å². The highest BCUT2D eigenvalue weighted by atomic mass is 32.2. The van der Waals surface area contributed by atoms with E-state index in [0.717, 1.165) is 17.1 Å². The van der Waals surface area contributed by atoms with Crippen LogP contribution in [0.2, 0.25) is 0 Å². The lowest BCUT2D eigenvalue weighted by Crippen LogP contribution is -2.60. The van der Waals surface area contributed by atoms with Crippen molar-refractivity contribution in [2.24, 2.45) is 0 Å². The molecule has 4 heteroatoms. The topological polar surface area (TPSA) is 6.48 Å². The Balaban J connectivity index is 1.13. The summed E-state index contributed by atoms with van der Waals surface area (Å²) >= 11 is 1.91. The predicted molar refractivity (Wildman–Crippen MR) is 212 cm³/mol. The number of hydrogen-bond donors (Lipinski definition) is 0. The Hall–Kier alpha value is -4.67. The van der Waals surface area contributed by atoms with Gasteiger partial charge in [-0.05, 0) is 109 Å². The van der Waals surface area contributed by atoms with Gasteiger partial charge in [-0.25, -0.2) is 0 Å². The minimum Gasteiger partial charge on any atom is -0.335 e. The summed E-state index contributed by atoms with van der Waals surface area (Å²) in [5.74, 6) is 0. The number of benzene rings is 5. The quantitative estimate of drug-likeness (QED) is 0.169. The summed E-state index contributed by atoms with van der Waals surface area (Å²) in [6, 6.07) is 44.4. The molecule has 0 amide bonds. The van der Waals surface area contributed by atoms with Crippen LogP contribution in [-0.4, -0.2) is 12.3 Å². The van der Waals surface area contributed by atoms with Crippen LogP contribution in [0.5, 0.6) is 0 Å². The number of para-hydroxylation sites is 3. The molecule has 0 saturated heterocycles. The van der Waals surface area contributed by atoms with Crippen LogP contribution in [-0.2, 0) is 5.41 Å². The van der Waals surface area contributed by atoms with Gasteiger partial charge in [0.15, 0.2) is 0 Å². The number of allylic oxidation sites excluding steroid dienone is 4. The van der Waals surface area contributed by atoms with Gasteiger partial charge in [0, 0.05) is 43.7 Å². The zero-order chi connectivity index (χ0) is 33.3. The van der Waals surface area contributed by atoms with Crippen LogP contribution in [0, 0.1) is 0 Å². The Morgan fingerprint density at radius 3 is 2.12 bits per heavy atom. The van der Waals surface area contributed by atoms with Gasteiger partial charge >= 0.3 is 0 Å². The van der Waals surface area contributed by atoms with Crippen molar-refractivity contribution < 1.29 is 0 Å². The highest BCUT2D eigenvalue weighted by Gasteiger charge is 2.60. The Kier molecular flexibility index (Phi) is 7.11. The van der Waals surface area contributed by atoms with E-state index in [2.05, 4.69) is 171 Å². The molecule has 0 spiro atoms. The number of thioether (sulfide) groups is 1. The second kappa shape index (κ2) is 11.5. The van der Waals surface area contributed by atoms with Crippen LogP contribution in [0.15, 0.2) is 155 Å². The van der Waals surface area contributed by atoms with Gasteiger partial charge in [-0.15, -0.1) is 0 Å². The Morgan fingerprint density at radius 2 is 1.43 bits per heavy atom. The molecule has 240 valence electrons. The molecule has 3 heterocycles. The first-order valence-corrected chi connectivity index (χ1v) is 18.5. The van der Waals surface area contributed by atoms with Gasteiger partial charge in [-0.1, -0.05) is 122 Å². The van der Waals surface area contributed by atoms with Gasteiger partial charge in [0.05, 0.1) is 5.54 Å². The maximum atomic E-state index is 4.44. The van der Waals surface area contributed by atoms with Crippen LogP contribution in [0.4, 0.5) is 28.4 Å². The number of anilines is 5. The molecule has 4 aliphatic rings. The standard InChI is InChI=1S/C45H41BN2S/c1-5-37-41(30-31(2)32-24-26-35(27-25-32)47(33-16-8-6-9-17-33)34-18-10-7-11-19-34)49-40-23-15-22-39-42(40)46(37)38-21-14-20-36-43(38)48(39)45(4)29-13-12-28-44(36,45)3/h5-11,14-27,30H,1,12-13,28-29H2,2-4H3/b31-30+. The number of rotatable bonds is 6. The molecule has 9 rings (SSSR count). The van der Waals surface area contributed by atoms with E-state index in [1.54, 1.807) is 5.56 Å². The first-order chi connectivity index (χ1) is 23.9. The van der Waals surface area contributed by atoms with E-state index in [9.17, 15) is 0 Å². The molecule has 1 saturated carbocycles. The Bertz CT molecular complexity index is 2130. The third-order valence-corrected chi connectivity index (χ3v) is 13.2. The summed E-state index contributed by atoms with van der Waals surface area (Å²) in [7, 11) is 0. The van der Waals surface area contributed by atoms with Crippen molar-refractivity contribution >= 4 is 63.4 Å². The van der Waals surface area contributed by atoms with Gasteiger partial charge < -0.3 is 9.80 Å². The lowest BCUT2D eigenvalue weighted by atomic mass is 9.34. The third kappa shape index (κ3) is 4.43. The van der Waals surface area contributed by atoms with E-state index in [4.69, 9.17) is 0 Å². The summed E-state index contributed by atoms with van der Waals surface area (Å²) < 4.78 is 0. The van der Waals surface area contributed by atoms with E-state index in [0.29, 0.717) is 0 Å². The molecule has 3 aliphatic heterocycles. The fourth-order valence-electron chi connectivity index (χ4n) is 9.39. The zero-order valence-electron chi connectivity index (χ0n) is 28.6. The second-order valence-corrected chi connectivity index (χ2v) is 15.6. The molecule has 5 aromatic carbocycles. The fraction of sp³-hybridized carbons (Fsp3) is 0.200. The summed E-state index contributed by atoms with van der Waals surface area (Å²) in [5, 5.41) is 0. The minimum atomic E-state index is 0.0754. The SMILES string of the molecule is C=CC1=C(/C=C(\C)c2ccc(N(c3ccccc3)c3ccccc3)cc2)Sc2cccc3c2B1c1cccc2c1N3C1(C)CCCCC21C. The van der Waals surface area contributed by atoms with Gasteiger partial charge in [0.2, 0.25) is 6.71 Å².